The van der Waals surface area contributed by atoms with Crippen molar-refractivity contribution in [2.45, 2.75) is 18.5 Å². The fourth-order valence-electron chi connectivity index (χ4n) is 3.81. The van der Waals surface area contributed by atoms with Crippen LogP contribution >= 0.6 is 15.9 Å². The SMILES string of the molecule is CN(C)CC(=O)C1CC2C3=CC(=O)C=CC3=C(Br)N2C[N+]1(C)C. The molecule has 124 valence electrons. The number of hydrogen-bond donors (Lipinski definition) is 0. The molecule has 5 nitrogen and oxygen atoms in total. The number of carbonyl (C=O) groups is 2. The van der Waals surface area contributed by atoms with Gasteiger partial charge >= 0.3 is 0 Å². The van der Waals surface area contributed by atoms with E-state index in [1.807, 2.05) is 25.1 Å². The Morgan fingerprint density at radius 3 is 2.74 bits per heavy atom. The Balaban J connectivity index is 1.92. The third-order valence-corrected chi connectivity index (χ3v) is 5.77. The molecule has 1 fully saturated rings. The highest BCUT2D eigenvalue weighted by atomic mass is 79.9. The predicted octanol–water partition coefficient (Wildman–Crippen LogP) is 1.28. The fourth-order valence-corrected chi connectivity index (χ4v) is 4.53. The molecule has 0 aromatic rings. The van der Waals surface area contributed by atoms with Crippen LogP contribution in [-0.2, 0) is 9.59 Å². The van der Waals surface area contributed by atoms with Crippen molar-refractivity contribution in [3.63, 3.8) is 0 Å². The highest BCUT2D eigenvalue weighted by molar-refractivity contribution is 9.11. The van der Waals surface area contributed by atoms with E-state index in [-0.39, 0.29) is 23.7 Å². The standard InChI is InChI=1S/C17H23BrN3O2/c1-19(2)9-16(23)15-8-14-13-7-11(22)5-6-12(13)17(18)20(14)10-21(15,3)4/h5-7,14-15H,8-10H2,1-4H3/q+1. The van der Waals surface area contributed by atoms with E-state index in [0.29, 0.717) is 11.0 Å². The van der Waals surface area contributed by atoms with E-state index in [1.54, 1.807) is 12.2 Å². The summed E-state index contributed by atoms with van der Waals surface area (Å²) in [6, 6.07) is 0.0516. The van der Waals surface area contributed by atoms with Gasteiger partial charge in [0.1, 0.15) is 0 Å². The van der Waals surface area contributed by atoms with Crippen LogP contribution in [0.4, 0.5) is 0 Å². The maximum absolute atomic E-state index is 12.7. The second kappa shape index (κ2) is 5.69. The molecule has 2 aliphatic heterocycles. The van der Waals surface area contributed by atoms with Crippen molar-refractivity contribution in [3.05, 3.63) is 34.0 Å². The summed E-state index contributed by atoms with van der Waals surface area (Å²) >= 11 is 3.69. The number of halogens is 1. The van der Waals surface area contributed by atoms with Gasteiger partial charge in [-0.2, -0.15) is 0 Å². The average Bonchev–Trinajstić information content (AvgIpc) is 2.68. The lowest BCUT2D eigenvalue weighted by atomic mass is 9.88. The van der Waals surface area contributed by atoms with Crippen LogP contribution < -0.4 is 0 Å². The second-order valence-electron chi connectivity index (χ2n) is 7.40. The number of ketones is 2. The molecule has 6 heteroatoms. The van der Waals surface area contributed by atoms with Crippen molar-refractivity contribution in [1.82, 2.24) is 9.80 Å². The molecule has 1 aliphatic carbocycles. The molecule has 3 rings (SSSR count). The highest BCUT2D eigenvalue weighted by Crippen LogP contribution is 2.44. The zero-order valence-electron chi connectivity index (χ0n) is 14.0. The Labute approximate surface area is 145 Å². The van der Waals surface area contributed by atoms with E-state index in [1.165, 1.54) is 0 Å². The van der Waals surface area contributed by atoms with Gasteiger partial charge in [0.25, 0.3) is 0 Å². The number of allylic oxidation sites excluding steroid dienone is 3. The Morgan fingerprint density at radius 2 is 2.09 bits per heavy atom. The Bertz CT molecular complexity index is 661. The lowest BCUT2D eigenvalue weighted by Crippen LogP contribution is -2.64. The number of quaternary nitrogens is 1. The number of rotatable bonds is 3. The minimum Gasteiger partial charge on any atom is -0.311 e. The lowest BCUT2D eigenvalue weighted by molar-refractivity contribution is -0.921. The summed E-state index contributed by atoms with van der Waals surface area (Å²) in [4.78, 5) is 28.7. The van der Waals surface area contributed by atoms with Crippen LogP contribution in [0.5, 0.6) is 0 Å². The van der Waals surface area contributed by atoms with Crippen LogP contribution in [0.25, 0.3) is 0 Å². The number of fused-ring (bicyclic) bond motifs is 3. The molecule has 0 aromatic heterocycles. The zero-order valence-corrected chi connectivity index (χ0v) is 15.6. The molecule has 0 N–H and O–H groups in total. The average molecular weight is 381 g/mol. The first-order valence-electron chi connectivity index (χ1n) is 7.81. The first-order valence-corrected chi connectivity index (χ1v) is 8.60. The normalized spacial score (nSPS) is 28.9. The minimum atomic E-state index is -0.0554. The summed E-state index contributed by atoms with van der Waals surface area (Å²) in [6.07, 6.45) is 5.95. The number of hydrogen-bond acceptors (Lipinski definition) is 4. The molecule has 1 saturated heterocycles. The summed E-state index contributed by atoms with van der Waals surface area (Å²) in [5.74, 6) is 0.295. The molecular weight excluding hydrogens is 358 g/mol. The summed E-state index contributed by atoms with van der Waals surface area (Å²) in [5, 5.41) is 0. The first-order chi connectivity index (χ1) is 10.7. The van der Waals surface area contributed by atoms with E-state index in [2.05, 4.69) is 34.9 Å². The topological polar surface area (TPSA) is 40.6 Å². The van der Waals surface area contributed by atoms with Crippen molar-refractivity contribution in [1.29, 1.82) is 0 Å². The van der Waals surface area contributed by atoms with E-state index < -0.39 is 0 Å². The summed E-state index contributed by atoms with van der Waals surface area (Å²) in [5.41, 5.74) is 2.13. The zero-order chi connectivity index (χ0) is 16.9. The molecule has 2 heterocycles. The molecule has 23 heavy (non-hydrogen) atoms. The molecule has 0 bridgehead atoms. The van der Waals surface area contributed by atoms with Crippen LogP contribution in [0.3, 0.4) is 0 Å². The van der Waals surface area contributed by atoms with Gasteiger partial charge in [-0.25, -0.2) is 0 Å². The van der Waals surface area contributed by atoms with Crippen LogP contribution in [0.15, 0.2) is 34.0 Å². The summed E-state index contributed by atoms with van der Waals surface area (Å²) in [6.45, 7) is 1.20. The largest absolute Gasteiger partial charge is 0.311 e. The van der Waals surface area contributed by atoms with E-state index in [4.69, 9.17) is 0 Å². The maximum atomic E-state index is 12.7. The van der Waals surface area contributed by atoms with Gasteiger partial charge in [-0.15, -0.1) is 0 Å². The van der Waals surface area contributed by atoms with E-state index in [0.717, 1.165) is 28.8 Å². The molecule has 0 radical (unpaired) electrons. The predicted molar refractivity (Wildman–Crippen MR) is 92.8 cm³/mol. The lowest BCUT2D eigenvalue weighted by Gasteiger charge is -2.48. The maximum Gasteiger partial charge on any atom is 0.203 e. The smallest absolute Gasteiger partial charge is 0.203 e. The molecule has 0 amide bonds. The monoisotopic (exact) mass is 380 g/mol. The van der Waals surface area contributed by atoms with Gasteiger partial charge in [-0.1, -0.05) is 0 Å². The van der Waals surface area contributed by atoms with Crippen molar-refractivity contribution in [3.8, 4) is 0 Å². The number of likely N-dealkylation sites (N-methyl/N-ethyl adjacent to an activating group) is 2. The molecule has 0 saturated carbocycles. The van der Waals surface area contributed by atoms with E-state index >= 15 is 0 Å². The second-order valence-corrected chi connectivity index (χ2v) is 8.15. The van der Waals surface area contributed by atoms with Gasteiger partial charge in [0.05, 0.1) is 31.3 Å². The quantitative estimate of drug-likeness (QED) is 0.546. The van der Waals surface area contributed by atoms with Gasteiger partial charge in [0.15, 0.2) is 18.5 Å². The first kappa shape index (κ1) is 16.6. The van der Waals surface area contributed by atoms with Crippen LogP contribution in [-0.4, -0.2) is 79.3 Å². The summed E-state index contributed by atoms with van der Waals surface area (Å²) < 4.78 is 1.67. The molecule has 0 aromatic carbocycles. The van der Waals surface area contributed by atoms with Crippen LogP contribution in [0.2, 0.25) is 0 Å². The van der Waals surface area contributed by atoms with Gasteiger partial charge in [0.2, 0.25) is 5.78 Å². The molecule has 3 aliphatic rings. The minimum absolute atomic E-state index is 0.0291. The van der Waals surface area contributed by atoms with Crippen molar-refractivity contribution in [2.24, 2.45) is 0 Å². The molecule has 2 unspecified atom stereocenters. The van der Waals surface area contributed by atoms with E-state index in [9.17, 15) is 9.59 Å². The van der Waals surface area contributed by atoms with Gasteiger partial charge in [-0.3, -0.25) is 9.59 Å². The Kier molecular flexibility index (Phi) is 4.11. The van der Waals surface area contributed by atoms with Crippen LogP contribution in [0, 0.1) is 0 Å². The van der Waals surface area contributed by atoms with Crippen molar-refractivity contribution in [2.75, 3.05) is 41.4 Å². The van der Waals surface area contributed by atoms with Gasteiger partial charge < -0.3 is 14.3 Å². The Morgan fingerprint density at radius 1 is 1.39 bits per heavy atom. The molecule has 2 atom stereocenters. The third kappa shape index (κ3) is 2.84. The van der Waals surface area contributed by atoms with Crippen LogP contribution in [0.1, 0.15) is 6.42 Å². The molecular formula is C17H23BrN3O2+. The van der Waals surface area contributed by atoms with Gasteiger partial charge in [-0.05, 0) is 53.8 Å². The van der Waals surface area contributed by atoms with Crippen molar-refractivity contribution >= 4 is 27.5 Å². The van der Waals surface area contributed by atoms with Crippen molar-refractivity contribution < 1.29 is 14.1 Å². The summed E-state index contributed by atoms with van der Waals surface area (Å²) in [7, 11) is 8.06. The highest BCUT2D eigenvalue weighted by Gasteiger charge is 2.49. The molecule has 0 spiro atoms. The Hall–Kier alpha value is -1.24. The number of carbonyl (C=O) groups excluding carboxylic acids is 2. The third-order valence-electron chi connectivity index (χ3n) is 4.88. The van der Waals surface area contributed by atoms with Gasteiger partial charge in [0, 0.05) is 12.0 Å². The fraction of sp³-hybridized carbons (Fsp3) is 0.529. The number of nitrogens with zero attached hydrogens (tertiary/aromatic N) is 3. The number of Topliss-reactive ketones (excluding diaryl/α,β-unsaturated/α-hetero) is 1.